The Kier molecular flexibility index (Phi) is 3.07. The van der Waals surface area contributed by atoms with Crippen LogP contribution in [-0.2, 0) is 6.42 Å². The molecular weight excluding hydrogens is 230 g/mol. The maximum atomic E-state index is 11.3. The molecule has 2 aromatic heterocycles. The standard InChI is InChI=1S/C13H17N3O2/c1-5-10-14-8(4)11-9(13(17)18)6-16(7(2)3)12(11)15-10/h6-7H,5H2,1-4H3,(H,17,18). The predicted octanol–water partition coefficient (Wildman–Crippen LogP) is 2.58. The van der Waals surface area contributed by atoms with Crippen LogP contribution < -0.4 is 0 Å². The third-order valence-corrected chi connectivity index (χ3v) is 3.00. The minimum Gasteiger partial charge on any atom is -0.478 e. The van der Waals surface area contributed by atoms with Crippen molar-refractivity contribution in [2.45, 2.75) is 40.2 Å². The van der Waals surface area contributed by atoms with Gasteiger partial charge in [-0.25, -0.2) is 14.8 Å². The Morgan fingerprint density at radius 3 is 2.61 bits per heavy atom. The van der Waals surface area contributed by atoms with Gasteiger partial charge in [-0.15, -0.1) is 0 Å². The smallest absolute Gasteiger partial charge is 0.338 e. The Morgan fingerprint density at radius 2 is 2.11 bits per heavy atom. The monoisotopic (exact) mass is 247 g/mol. The lowest BCUT2D eigenvalue weighted by Gasteiger charge is -2.09. The largest absolute Gasteiger partial charge is 0.478 e. The Morgan fingerprint density at radius 1 is 1.44 bits per heavy atom. The topological polar surface area (TPSA) is 68.0 Å². The molecule has 0 aliphatic carbocycles. The molecule has 0 fully saturated rings. The number of hydrogen-bond acceptors (Lipinski definition) is 3. The molecule has 5 nitrogen and oxygen atoms in total. The van der Waals surface area contributed by atoms with Crippen molar-refractivity contribution in [2.24, 2.45) is 0 Å². The lowest BCUT2D eigenvalue weighted by Crippen LogP contribution is -2.03. The first-order valence-corrected chi connectivity index (χ1v) is 6.07. The molecular formula is C13H17N3O2. The van der Waals surface area contributed by atoms with Gasteiger partial charge in [-0.2, -0.15) is 0 Å². The second-order valence-electron chi connectivity index (χ2n) is 4.63. The number of rotatable bonds is 3. The van der Waals surface area contributed by atoms with Crippen molar-refractivity contribution in [3.8, 4) is 0 Å². The van der Waals surface area contributed by atoms with Crippen LogP contribution in [0.5, 0.6) is 0 Å². The fourth-order valence-electron chi connectivity index (χ4n) is 2.10. The summed E-state index contributed by atoms with van der Waals surface area (Å²) in [5, 5.41) is 9.91. The van der Waals surface area contributed by atoms with E-state index in [0.717, 1.165) is 17.9 Å². The highest BCUT2D eigenvalue weighted by Gasteiger charge is 2.19. The first-order valence-electron chi connectivity index (χ1n) is 6.07. The van der Waals surface area contributed by atoms with Gasteiger partial charge in [0.05, 0.1) is 16.6 Å². The number of aromatic carboxylic acids is 1. The van der Waals surface area contributed by atoms with E-state index in [2.05, 4.69) is 9.97 Å². The minimum absolute atomic E-state index is 0.166. The summed E-state index contributed by atoms with van der Waals surface area (Å²) in [6.45, 7) is 7.84. The van der Waals surface area contributed by atoms with Crippen LogP contribution in [0.4, 0.5) is 0 Å². The van der Waals surface area contributed by atoms with Crippen molar-refractivity contribution < 1.29 is 9.90 Å². The molecule has 18 heavy (non-hydrogen) atoms. The minimum atomic E-state index is -0.935. The molecule has 0 spiro atoms. The molecule has 0 bridgehead atoms. The number of aryl methyl sites for hydroxylation is 2. The number of nitrogens with zero attached hydrogens (tertiary/aromatic N) is 3. The van der Waals surface area contributed by atoms with E-state index < -0.39 is 5.97 Å². The van der Waals surface area contributed by atoms with Crippen LogP contribution in [0.25, 0.3) is 11.0 Å². The number of hydrogen-bond donors (Lipinski definition) is 1. The van der Waals surface area contributed by atoms with Crippen LogP contribution in [-0.4, -0.2) is 25.6 Å². The summed E-state index contributed by atoms with van der Waals surface area (Å²) in [6.07, 6.45) is 2.39. The number of fused-ring (bicyclic) bond motifs is 1. The van der Waals surface area contributed by atoms with E-state index in [0.29, 0.717) is 11.0 Å². The molecule has 2 aromatic rings. The summed E-state index contributed by atoms with van der Waals surface area (Å²) in [5.41, 5.74) is 1.72. The maximum absolute atomic E-state index is 11.3. The van der Waals surface area contributed by atoms with E-state index >= 15 is 0 Å². The average molecular weight is 247 g/mol. The normalized spacial score (nSPS) is 11.4. The van der Waals surface area contributed by atoms with Gasteiger partial charge in [0.2, 0.25) is 0 Å². The van der Waals surface area contributed by atoms with Crippen LogP contribution in [0.2, 0.25) is 0 Å². The summed E-state index contributed by atoms with van der Waals surface area (Å²) >= 11 is 0. The summed E-state index contributed by atoms with van der Waals surface area (Å²) in [4.78, 5) is 20.1. The van der Waals surface area contributed by atoms with Crippen molar-refractivity contribution in [2.75, 3.05) is 0 Å². The summed E-state index contributed by atoms with van der Waals surface area (Å²) in [6, 6.07) is 0.166. The molecule has 0 aromatic carbocycles. The van der Waals surface area contributed by atoms with Gasteiger partial charge in [0.1, 0.15) is 11.5 Å². The van der Waals surface area contributed by atoms with Crippen molar-refractivity contribution >= 4 is 17.0 Å². The molecule has 0 saturated heterocycles. The molecule has 0 atom stereocenters. The van der Waals surface area contributed by atoms with Crippen molar-refractivity contribution in [1.82, 2.24) is 14.5 Å². The molecule has 0 saturated carbocycles. The zero-order valence-electron chi connectivity index (χ0n) is 11.1. The summed E-state index contributed by atoms with van der Waals surface area (Å²) in [5.74, 6) is -0.188. The highest BCUT2D eigenvalue weighted by molar-refractivity contribution is 6.03. The van der Waals surface area contributed by atoms with Crippen LogP contribution in [0.15, 0.2) is 6.20 Å². The molecule has 0 aliphatic heterocycles. The second-order valence-corrected chi connectivity index (χ2v) is 4.63. The molecule has 5 heteroatoms. The van der Waals surface area contributed by atoms with E-state index in [-0.39, 0.29) is 11.6 Å². The van der Waals surface area contributed by atoms with Gasteiger partial charge in [-0.1, -0.05) is 6.92 Å². The van der Waals surface area contributed by atoms with Crippen molar-refractivity contribution in [3.05, 3.63) is 23.3 Å². The molecule has 0 unspecified atom stereocenters. The highest BCUT2D eigenvalue weighted by Crippen LogP contribution is 2.25. The van der Waals surface area contributed by atoms with E-state index in [1.807, 2.05) is 32.3 Å². The van der Waals surface area contributed by atoms with E-state index in [4.69, 9.17) is 0 Å². The van der Waals surface area contributed by atoms with Crippen LogP contribution in [0, 0.1) is 6.92 Å². The number of carbonyl (C=O) groups is 1. The van der Waals surface area contributed by atoms with Crippen molar-refractivity contribution in [1.29, 1.82) is 0 Å². The zero-order valence-corrected chi connectivity index (χ0v) is 11.1. The quantitative estimate of drug-likeness (QED) is 0.905. The van der Waals surface area contributed by atoms with Gasteiger partial charge in [0, 0.05) is 18.7 Å². The summed E-state index contributed by atoms with van der Waals surface area (Å²) in [7, 11) is 0. The number of aromatic nitrogens is 3. The molecule has 0 radical (unpaired) electrons. The Hall–Kier alpha value is -1.91. The van der Waals surface area contributed by atoms with E-state index in [9.17, 15) is 9.90 Å². The fourth-order valence-corrected chi connectivity index (χ4v) is 2.10. The van der Waals surface area contributed by atoms with Gasteiger partial charge in [-0.05, 0) is 20.8 Å². The molecule has 96 valence electrons. The first kappa shape index (κ1) is 12.5. The lowest BCUT2D eigenvalue weighted by atomic mass is 10.2. The number of carboxylic acid groups (broad SMARTS) is 1. The van der Waals surface area contributed by atoms with Crippen LogP contribution in [0.3, 0.4) is 0 Å². The molecule has 0 aliphatic rings. The van der Waals surface area contributed by atoms with Crippen molar-refractivity contribution in [3.63, 3.8) is 0 Å². The average Bonchev–Trinajstić information content (AvgIpc) is 2.68. The molecule has 0 amide bonds. The van der Waals surface area contributed by atoms with Gasteiger partial charge < -0.3 is 9.67 Å². The van der Waals surface area contributed by atoms with Gasteiger partial charge in [-0.3, -0.25) is 0 Å². The summed E-state index contributed by atoms with van der Waals surface area (Å²) < 4.78 is 1.90. The molecule has 2 heterocycles. The second kappa shape index (κ2) is 4.40. The SMILES string of the molecule is CCc1nc(C)c2c(C(=O)O)cn(C(C)C)c2n1. The zero-order chi connectivity index (χ0) is 13.4. The van der Waals surface area contributed by atoms with Gasteiger partial charge in [0.25, 0.3) is 0 Å². The number of carboxylic acids is 1. The van der Waals surface area contributed by atoms with Gasteiger partial charge in [0.15, 0.2) is 0 Å². The van der Waals surface area contributed by atoms with Gasteiger partial charge >= 0.3 is 5.97 Å². The van der Waals surface area contributed by atoms with Crippen LogP contribution >= 0.6 is 0 Å². The third-order valence-electron chi connectivity index (χ3n) is 3.00. The van der Waals surface area contributed by atoms with E-state index in [1.54, 1.807) is 6.20 Å². The lowest BCUT2D eigenvalue weighted by molar-refractivity contribution is 0.0698. The fraction of sp³-hybridized carbons (Fsp3) is 0.462. The molecule has 1 N–H and O–H groups in total. The highest BCUT2D eigenvalue weighted by atomic mass is 16.4. The first-order chi connectivity index (χ1) is 8.45. The molecule has 2 rings (SSSR count). The Balaban J connectivity index is 2.87. The Labute approximate surface area is 105 Å². The predicted molar refractivity (Wildman–Crippen MR) is 69.0 cm³/mol. The third kappa shape index (κ3) is 1.85. The van der Waals surface area contributed by atoms with E-state index in [1.165, 1.54) is 0 Å². The van der Waals surface area contributed by atoms with Crippen LogP contribution in [0.1, 0.15) is 48.7 Å². The maximum Gasteiger partial charge on any atom is 0.338 e. The Bertz CT molecular complexity index is 614.